The molecule has 1 heterocycles. The molecule has 0 radical (unpaired) electrons. The van der Waals surface area contributed by atoms with Crippen LogP contribution in [-0.4, -0.2) is 36.4 Å². The number of carbonyl (C=O) groups excluding carboxylic acids is 2. The Labute approximate surface area is 157 Å². The fraction of sp³-hybridized carbons (Fsp3) is 0.300. The zero-order chi connectivity index (χ0) is 18.4. The van der Waals surface area contributed by atoms with Gasteiger partial charge in [-0.15, -0.1) is 0 Å². The van der Waals surface area contributed by atoms with Crippen LogP contribution in [0.2, 0.25) is 5.02 Å². The summed E-state index contributed by atoms with van der Waals surface area (Å²) in [7, 11) is 0. The highest BCUT2D eigenvalue weighted by Crippen LogP contribution is 2.19. The second-order valence-electron chi connectivity index (χ2n) is 6.18. The minimum absolute atomic E-state index is 0.0541. The van der Waals surface area contributed by atoms with Crippen molar-refractivity contribution in [1.29, 1.82) is 0 Å². The van der Waals surface area contributed by atoms with E-state index in [0.717, 1.165) is 13.0 Å². The van der Waals surface area contributed by atoms with Crippen LogP contribution in [0.25, 0.3) is 0 Å². The number of halogens is 1. The third-order valence-electron chi connectivity index (χ3n) is 4.33. The van der Waals surface area contributed by atoms with Crippen molar-refractivity contribution < 1.29 is 14.3 Å². The highest BCUT2D eigenvalue weighted by atomic mass is 35.5. The third kappa shape index (κ3) is 4.99. The predicted octanol–water partition coefficient (Wildman–Crippen LogP) is 2.81. The van der Waals surface area contributed by atoms with Crippen LogP contribution in [0.3, 0.4) is 0 Å². The smallest absolute Gasteiger partial charge is 0.257 e. The Morgan fingerprint density at radius 3 is 2.58 bits per heavy atom. The summed E-state index contributed by atoms with van der Waals surface area (Å²) in [5.41, 5.74) is 2.51. The van der Waals surface area contributed by atoms with Gasteiger partial charge in [0, 0.05) is 31.1 Å². The van der Waals surface area contributed by atoms with Crippen LogP contribution in [0.5, 0.6) is 5.75 Å². The lowest BCUT2D eigenvalue weighted by atomic mass is 10.00. The first kappa shape index (κ1) is 18.3. The van der Waals surface area contributed by atoms with Gasteiger partial charge in [0.25, 0.3) is 5.91 Å². The summed E-state index contributed by atoms with van der Waals surface area (Å²) >= 11 is 5.79. The monoisotopic (exact) mass is 372 g/mol. The van der Waals surface area contributed by atoms with Crippen molar-refractivity contribution >= 4 is 23.4 Å². The zero-order valence-corrected chi connectivity index (χ0v) is 15.2. The van der Waals surface area contributed by atoms with Crippen LogP contribution in [0.4, 0.5) is 0 Å². The van der Waals surface area contributed by atoms with Gasteiger partial charge in [-0.3, -0.25) is 9.59 Å². The van der Waals surface area contributed by atoms with Crippen LogP contribution in [0.15, 0.2) is 48.5 Å². The molecule has 5 nitrogen and oxygen atoms in total. The summed E-state index contributed by atoms with van der Waals surface area (Å²) in [6, 6.07) is 15.0. The molecule has 0 aromatic heterocycles. The van der Waals surface area contributed by atoms with Crippen molar-refractivity contribution in [3.8, 4) is 5.75 Å². The average Bonchev–Trinajstić information content (AvgIpc) is 2.67. The van der Waals surface area contributed by atoms with Crippen molar-refractivity contribution in [3.63, 3.8) is 0 Å². The second-order valence-corrected chi connectivity index (χ2v) is 6.61. The first-order valence-corrected chi connectivity index (χ1v) is 8.99. The second kappa shape index (κ2) is 8.72. The number of benzene rings is 2. The molecule has 0 saturated carbocycles. The number of amides is 2. The number of fused-ring (bicyclic) bond motifs is 1. The van der Waals surface area contributed by atoms with E-state index in [4.69, 9.17) is 16.3 Å². The number of carbonyl (C=O) groups is 2. The Morgan fingerprint density at radius 2 is 1.81 bits per heavy atom. The molecule has 2 aromatic rings. The van der Waals surface area contributed by atoms with E-state index in [1.54, 1.807) is 24.3 Å². The Kier molecular flexibility index (Phi) is 6.12. The van der Waals surface area contributed by atoms with E-state index in [0.29, 0.717) is 23.9 Å². The van der Waals surface area contributed by atoms with Crippen molar-refractivity contribution in [2.45, 2.75) is 19.4 Å². The van der Waals surface area contributed by atoms with Gasteiger partial charge in [0.1, 0.15) is 5.75 Å². The minimum atomic E-state index is -0.253. The number of hydrogen-bond acceptors (Lipinski definition) is 3. The van der Waals surface area contributed by atoms with Gasteiger partial charge in [0.05, 0.1) is 0 Å². The van der Waals surface area contributed by atoms with Crippen LogP contribution in [0, 0.1) is 0 Å². The molecule has 6 heteroatoms. The predicted molar refractivity (Wildman–Crippen MR) is 100 cm³/mol. The Morgan fingerprint density at radius 1 is 1.08 bits per heavy atom. The van der Waals surface area contributed by atoms with Gasteiger partial charge in [-0.05, 0) is 41.8 Å². The van der Waals surface area contributed by atoms with Gasteiger partial charge in [-0.25, -0.2) is 0 Å². The van der Waals surface area contributed by atoms with E-state index in [1.165, 1.54) is 11.1 Å². The van der Waals surface area contributed by atoms with Crippen LogP contribution >= 0.6 is 11.6 Å². The topological polar surface area (TPSA) is 58.6 Å². The maximum Gasteiger partial charge on any atom is 0.257 e. The molecule has 1 aliphatic rings. The molecule has 136 valence electrons. The van der Waals surface area contributed by atoms with Crippen molar-refractivity contribution in [2.24, 2.45) is 0 Å². The van der Waals surface area contributed by atoms with E-state index >= 15 is 0 Å². The highest BCUT2D eigenvalue weighted by Gasteiger charge is 2.20. The summed E-state index contributed by atoms with van der Waals surface area (Å²) in [6.07, 6.45) is 1.16. The van der Waals surface area contributed by atoms with Gasteiger partial charge in [-0.2, -0.15) is 0 Å². The highest BCUT2D eigenvalue weighted by molar-refractivity contribution is 6.30. The normalized spacial score (nSPS) is 13.0. The van der Waals surface area contributed by atoms with Crippen LogP contribution in [0.1, 0.15) is 17.5 Å². The van der Waals surface area contributed by atoms with Crippen molar-refractivity contribution in [3.05, 3.63) is 64.7 Å². The van der Waals surface area contributed by atoms with Gasteiger partial charge >= 0.3 is 0 Å². The van der Waals surface area contributed by atoms with E-state index in [2.05, 4.69) is 17.4 Å². The molecule has 2 amide bonds. The molecule has 1 aliphatic heterocycles. The minimum Gasteiger partial charge on any atom is -0.484 e. The van der Waals surface area contributed by atoms with E-state index in [-0.39, 0.29) is 24.8 Å². The van der Waals surface area contributed by atoms with Crippen molar-refractivity contribution in [1.82, 2.24) is 10.2 Å². The molecular weight excluding hydrogens is 352 g/mol. The molecule has 0 atom stereocenters. The fourth-order valence-corrected chi connectivity index (χ4v) is 3.03. The summed E-state index contributed by atoms with van der Waals surface area (Å²) < 4.78 is 5.37. The fourth-order valence-electron chi connectivity index (χ4n) is 2.91. The molecule has 0 saturated heterocycles. The zero-order valence-electron chi connectivity index (χ0n) is 14.4. The third-order valence-corrected chi connectivity index (χ3v) is 4.58. The first-order chi connectivity index (χ1) is 12.6. The molecule has 0 fully saturated rings. The van der Waals surface area contributed by atoms with Crippen molar-refractivity contribution in [2.75, 3.05) is 19.7 Å². The number of nitrogens with one attached hydrogen (secondary N) is 1. The molecule has 0 aliphatic carbocycles. The molecule has 0 spiro atoms. The average molecular weight is 373 g/mol. The molecule has 0 bridgehead atoms. The van der Waals surface area contributed by atoms with Gasteiger partial charge in [0.15, 0.2) is 6.61 Å². The summed E-state index contributed by atoms with van der Waals surface area (Å²) in [5, 5.41) is 3.33. The Hall–Kier alpha value is -2.53. The SMILES string of the molecule is O=C(COc1ccc(Cl)cc1)NCCC(=O)N1CCc2ccccc2C1. The Bertz CT molecular complexity index is 777. The molecule has 26 heavy (non-hydrogen) atoms. The lowest BCUT2D eigenvalue weighted by Gasteiger charge is -2.29. The van der Waals surface area contributed by atoms with Crippen LogP contribution < -0.4 is 10.1 Å². The summed E-state index contributed by atoms with van der Waals surface area (Å²) in [5.74, 6) is 0.378. The molecule has 3 rings (SSSR count). The maximum absolute atomic E-state index is 12.3. The van der Waals surface area contributed by atoms with E-state index < -0.39 is 0 Å². The largest absolute Gasteiger partial charge is 0.484 e. The number of ether oxygens (including phenoxy) is 1. The number of rotatable bonds is 6. The van der Waals surface area contributed by atoms with Crippen LogP contribution in [-0.2, 0) is 22.6 Å². The lowest BCUT2D eigenvalue weighted by Crippen LogP contribution is -2.38. The van der Waals surface area contributed by atoms with Gasteiger partial charge < -0.3 is 15.0 Å². The van der Waals surface area contributed by atoms with Gasteiger partial charge in [-0.1, -0.05) is 35.9 Å². The molecule has 2 aromatic carbocycles. The molecule has 1 N–H and O–H groups in total. The summed E-state index contributed by atoms with van der Waals surface area (Å²) in [6.45, 7) is 1.58. The molecule has 0 unspecified atom stereocenters. The Balaban J connectivity index is 1.37. The van der Waals surface area contributed by atoms with E-state index in [9.17, 15) is 9.59 Å². The first-order valence-electron chi connectivity index (χ1n) is 8.61. The standard InChI is InChI=1S/C20H21ClN2O3/c21-17-5-7-18(8-6-17)26-14-19(24)22-11-9-20(25)23-12-10-15-3-1-2-4-16(15)13-23/h1-8H,9-14H2,(H,22,24). The number of hydrogen-bond donors (Lipinski definition) is 1. The quantitative estimate of drug-likeness (QED) is 0.848. The molecular formula is C20H21ClN2O3. The van der Waals surface area contributed by atoms with Gasteiger partial charge in [0.2, 0.25) is 5.91 Å². The maximum atomic E-state index is 12.3. The lowest BCUT2D eigenvalue weighted by molar-refractivity contribution is -0.132. The number of nitrogens with zero attached hydrogens (tertiary/aromatic N) is 1. The van der Waals surface area contributed by atoms with E-state index in [1.807, 2.05) is 17.0 Å². The summed E-state index contributed by atoms with van der Waals surface area (Å²) in [4.78, 5) is 26.0.